The molecular formula is C24H16Cl2N2O. The zero-order chi connectivity index (χ0) is 20.2. The van der Waals surface area contributed by atoms with E-state index in [0.29, 0.717) is 15.6 Å². The van der Waals surface area contributed by atoms with E-state index in [1.807, 2.05) is 48.5 Å². The average molecular weight is 419 g/mol. The second-order valence-corrected chi connectivity index (χ2v) is 7.35. The smallest absolute Gasteiger partial charge is 0.185 e. The van der Waals surface area contributed by atoms with Crippen molar-refractivity contribution in [3.63, 3.8) is 0 Å². The standard InChI is InChI=1S/C24H16Cl2N2O/c25-18-7-5-17(6-8-18)24(29)11-4-16-2-1-3-20(14-16)28-22-12-13-27-23-15-19(26)9-10-21(22)23/h1-15H,(H,27,28)/b11-4+. The first-order valence-electron chi connectivity index (χ1n) is 8.98. The molecule has 0 unspecified atom stereocenters. The molecule has 5 heteroatoms. The van der Waals surface area contributed by atoms with Crippen molar-refractivity contribution in [2.24, 2.45) is 0 Å². The first-order valence-corrected chi connectivity index (χ1v) is 9.73. The van der Waals surface area contributed by atoms with Crippen molar-refractivity contribution in [3.05, 3.63) is 106 Å². The number of fused-ring (bicyclic) bond motifs is 1. The van der Waals surface area contributed by atoms with Crippen molar-refractivity contribution in [3.8, 4) is 0 Å². The summed E-state index contributed by atoms with van der Waals surface area (Å²) in [5.74, 6) is -0.0722. The Balaban J connectivity index is 1.55. The SMILES string of the molecule is O=C(/C=C/c1cccc(Nc2ccnc3cc(Cl)ccc23)c1)c1ccc(Cl)cc1. The lowest BCUT2D eigenvalue weighted by Gasteiger charge is -2.10. The second-order valence-electron chi connectivity index (χ2n) is 6.47. The molecule has 0 spiro atoms. The number of ketones is 1. The molecule has 0 aliphatic heterocycles. The number of hydrogen-bond acceptors (Lipinski definition) is 3. The van der Waals surface area contributed by atoms with E-state index in [9.17, 15) is 4.79 Å². The Labute approximate surface area is 178 Å². The van der Waals surface area contributed by atoms with Crippen LogP contribution in [0.3, 0.4) is 0 Å². The van der Waals surface area contributed by atoms with Gasteiger partial charge in [0.25, 0.3) is 0 Å². The van der Waals surface area contributed by atoms with Gasteiger partial charge in [0.1, 0.15) is 0 Å². The number of pyridine rings is 1. The van der Waals surface area contributed by atoms with Crippen LogP contribution in [0.5, 0.6) is 0 Å². The fourth-order valence-electron chi connectivity index (χ4n) is 2.99. The van der Waals surface area contributed by atoms with Crippen LogP contribution < -0.4 is 5.32 Å². The van der Waals surface area contributed by atoms with Crippen molar-refractivity contribution in [1.82, 2.24) is 4.98 Å². The highest BCUT2D eigenvalue weighted by molar-refractivity contribution is 6.31. The molecule has 3 nitrogen and oxygen atoms in total. The minimum atomic E-state index is -0.0722. The Morgan fingerprint density at radius 2 is 1.69 bits per heavy atom. The number of allylic oxidation sites excluding steroid dienone is 1. The van der Waals surface area contributed by atoms with E-state index >= 15 is 0 Å². The third kappa shape index (κ3) is 4.65. The molecule has 3 aromatic carbocycles. The number of carbonyl (C=O) groups is 1. The number of nitrogens with one attached hydrogen (secondary N) is 1. The Bertz CT molecular complexity index is 1220. The summed E-state index contributed by atoms with van der Waals surface area (Å²) >= 11 is 11.9. The topological polar surface area (TPSA) is 42.0 Å². The van der Waals surface area contributed by atoms with Crippen LogP contribution in [0, 0.1) is 0 Å². The summed E-state index contributed by atoms with van der Waals surface area (Å²) in [4.78, 5) is 16.7. The lowest BCUT2D eigenvalue weighted by atomic mass is 10.1. The summed E-state index contributed by atoms with van der Waals surface area (Å²) in [5.41, 5.74) is 4.19. The van der Waals surface area contributed by atoms with Crippen molar-refractivity contribution < 1.29 is 4.79 Å². The first-order chi connectivity index (χ1) is 14.1. The van der Waals surface area contributed by atoms with Crippen molar-refractivity contribution in [2.45, 2.75) is 0 Å². The van der Waals surface area contributed by atoms with Crippen LogP contribution in [0.2, 0.25) is 10.0 Å². The molecule has 4 aromatic rings. The van der Waals surface area contributed by atoms with Crippen LogP contribution in [0.15, 0.2) is 85.1 Å². The lowest BCUT2D eigenvalue weighted by molar-refractivity contribution is 0.104. The van der Waals surface area contributed by atoms with E-state index in [-0.39, 0.29) is 5.78 Å². The average Bonchev–Trinajstić information content (AvgIpc) is 2.73. The van der Waals surface area contributed by atoms with Gasteiger partial charge >= 0.3 is 0 Å². The molecule has 4 rings (SSSR count). The number of nitrogens with zero attached hydrogens (tertiary/aromatic N) is 1. The molecular weight excluding hydrogens is 403 g/mol. The molecule has 0 aliphatic carbocycles. The van der Waals surface area contributed by atoms with E-state index in [1.54, 1.807) is 42.6 Å². The van der Waals surface area contributed by atoms with Crippen LogP contribution in [0.1, 0.15) is 15.9 Å². The fraction of sp³-hybridized carbons (Fsp3) is 0. The van der Waals surface area contributed by atoms with Gasteiger partial charge in [0, 0.05) is 38.6 Å². The van der Waals surface area contributed by atoms with Crippen LogP contribution in [-0.4, -0.2) is 10.8 Å². The van der Waals surface area contributed by atoms with E-state index in [2.05, 4.69) is 10.3 Å². The van der Waals surface area contributed by atoms with Gasteiger partial charge in [-0.25, -0.2) is 0 Å². The fourth-order valence-corrected chi connectivity index (χ4v) is 3.28. The molecule has 0 saturated heterocycles. The summed E-state index contributed by atoms with van der Waals surface area (Å²) in [6.45, 7) is 0. The van der Waals surface area contributed by atoms with E-state index in [0.717, 1.165) is 27.8 Å². The van der Waals surface area contributed by atoms with Crippen LogP contribution >= 0.6 is 23.2 Å². The molecule has 0 aliphatic rings. The number of anilines is 2. The van der Waals surface area contributed by atoms with Gasteiger partial charge in [-0.2, -0.15) is 0 Å². The third-order valence-electron chi connectivity index (χ3n) is 4.43. The molecule has 1 N–H and O–H groups in total. The predicted octanol–water partition coefficient (Wildman–Crippen LogP) is 7.18. The number of halogens is 2. The first kappa shape index (κ1) is 19.2. The highest BCUT2D eigenvalue weighted by Gasteiger charge is 2.04. The molecule has 1 aromatic heterocycles. The number of benzene rings is 3. The van der Waals surface area contributed by atoms with Gasteiger partial charge in [0.2, 0.25) is 0 Å². The molecule has 0 saturated carbocycles. The van der Waals surface area contributed by atoms with Gasteiger partial charge < -0.3 is 5.32 Å². The van der Waals surface area contributed by atoms with Gasteiger partial charge in [-0.15, -0.1) is 0 Å². The van der Waals surface area contributed by atoms with E-state index < -0.39 is 0 Å². The Kier molecular flexibility index (Phi) is 5.61. The van der Waals surface area contributed by atoms with Crippen LogP contribution in [0.4, 0.5) is 11.4 Å². The quantitative estimate of drug-likeness (QED) is 0.275. The van der Waals surface area contributed by atoms with Crippen molar-refractivity contribution in [2.75, 3.05) is 5.32 Å². The minimum absolute atomic E-state index is 0.0722. The molecule has 0 atom stereocenters. The Morgan fingerprint density at radius 1 is 0.897 bits per heavy atom. The number of rotatable bonds is 5. The zero-order valence-electron chi connectivity index (χ0n) is 15.3. The summed E-state index contributed by atoms with van der Waals surface area (Å²) < 4.78 is 0. The molecule has 0 bridgehead atoms. The number of aromatic nitrogens is 1. The van der Waals surface area contributed by atoms with E-state index in [4.69, 9.17) is 23.2 Å². The second kappa shape index (κ2) is 8.48. The number of carbonyl (C=O) groups excluding carboxylic acids is 1. The Hall–Kier alpha value is -3.14. The van der Waals surface area contributed by atoms with Crippen LogP contribution in [0.25, 0.3) is 17.0 Å². The van der Waals surface area contributed by atoms with Gasteiger partial charge in [0.05, 0.1) is 5.52 Å². The molecule has 1 heterocycles. The van der Waals surface area contributed by atoms with Gasteiger partial charge in [-0.1, -0.05) is 41.4 Å². The summed E-state index contributed by atoms with van der Waals surface area (Å²) in [7, 11) is 0. The summed E-state index contributed by atoms with van der Waals surface area (Å²) in [6.07, 6.45) is 5.11. The normalized spacial score (nSPS) is 11.1. The monoisotopic (exact) mass is 418 g/mol. The molecule has 0 fully saturated rings. The maximum atomic E-state index is 12.3. The molecule has 0 radical (unpaired) electrons. The summed E-state index contributed by atoms with van der Waals surface area (Å²) in [5, 5.41) is 5.66. The third-order valence-corrected chi connectivity index (χ3v) is 4.91. The van der Waals surface area contributed by atoms with E-state index in [1.165, 1.54) is 0 Å². The molecule has 29 heavy (non-hydrogen) atoms. The highest BCUT2D eigenvalue weighted by atomic mass is 35.5. The summed E-state index contributed by atoms with van der Waals surface area (Å²) in [6, 6.07) is 22.2. The largest absolute Gasteiger partial charge is 0.355 e. The minimum Gasteiger partial charge on any atom is -0.355 e. The maximum Gasteiger partial charge on any atom is 0.185 e. The lowest BCUT2D eigenvalue weighted by Crippen LogP contribution is -1.94. The van der Waals surface area contributed by atoms with Gasteiger partial charge in [-0.05, 0) is 72.3 Å². The van der Waals surface area contributed by atoms with Crippen molar-refractivity contribution in [1.29, 1.82) is 0 Å². The predicted molar refractivity (Wildman–Crippen MR) is 121 cm³/mol. The van der Waals surface area contributed by atoms with Gasteiger partial charge in [-0.3, -0.25) is 9.78 Å². The maximum absolute atomic E-state index is 12.3. The molecule has 142 valence electrons. The number of hydrogen-bond donors (Lipinski definition) is 1. The Morgan fingerprint density at radius 3 is 2.52 bits per heavy atom. The van der Waals surface area contributed by atoms with Crippen LogP contribution in [-0.2, 0) is 0 Å². The highest BCUT2D eigenvalue weighted by Crippen LogP contribution is 2.27. The molecule has 0 amide bonds. The zero-order valence-corrected chi connectivity index (χ0v) is 16.8. The van der Waals surface area contributed by atoms with Crippen molar-refractivity contribution >= 4 is 57.3 Å². The van der Waals surface area contributed by atoms with Gasteiger partial charge in [0.15, 0.2) is 5.78 Å².